The molecule has 1 N–H and O–H groups in total. The smallest absolute Gasteiger partial charge is 0.156 e. The minimum absolute atomic E-state index is 0.0131. The molecule has 3 heteroatoms. The summed E-state index contributed by atoms with van der Waals surface area (Å²) in [6, 6.07) is 0. The van der Waals surface area contributed by atoms with E-state index in [1.165, 1.54) is 6.08 Å². The summed E-state index contributed by atoms with van der Waals surface area (Å²) >= 11 is 0. The molecule has 0 bridgehead atoms. The van der Waals surface area contributed by atoms with E-state index in [2.05, 4.69) is 0 Å². The van der Waals surface area contributed by atoms with Gasteiger partial charge in [-0.25, -0.2) is 0 Å². The van der Waals surface area contributed by atoms with Crippen molar-refractivity contribution in [2.24, 2.45) is 0 Å². The lowest BCUT2D eigenvalue weighted by molar-refractivity contribution is -0.114. The number of hydrogen-bond acceptors (Lipinski definition) is 3. The molecular formula is C6H10NO2-. The molecule has 0 aliphatic rings. The van der Waals surface area contributed by atoms with E-state index < -0.39 is 0 Å². The summed E-state index contributed by atoms with van der Waals surface area (Å²) in [5.74, 6) is -0.0131. The van der Waals surface area contributed by atoms with Crippen LogP contribution in [0.25, 0.3) is 0 Å². The average Bonchev–Trinajstić information content (AvgIpc) is 1.85. The van der Waals surface area contributed by atoms with Gasteiger partial charge < -0.3 is 10.7 Å². The van der Waals surface area contributed by atoms with E-state index in [1.807, 2.05) is 0 Å². The van der Waals surface area contributed by atoms with Crippen LogP contribution in [0.2, 0.25) is 0 Å². The highest BCUT2D eigenvalue weighted by Crippen LogP contribution is 1.82. The maximum absolute atomic E-state index is 10.5. The van der Waals surface area contributed by atoms with Crippen LogP contribution in [0.4, 0.5) is 0 Å². The second kappa shape index (κ2) is 5.47. The molecule has 0 saturated carbocycles. The summed E-state index contributed by atoms with van der Waals surface area (Å²) in [5, 5.41) is 9.61. The van der Waals surface area contributed by atoms with Crippen molar-refractivity contribution < 1.29 is 4.79 Å². The van der Waals surface area contributed by atoms with E-state index in [0.29, 0.717) is 0 Å². The van der Waals surface area contributed by atoms with Gasteiger partial charge in [0.2, 0.25) is 0 Å². The van der Waals surface area contributed by atoms with Crippen LogP contribution in [-0.4, -0.2) is 12.3 Å². The average molecular weight is 128 g/mol. The molecule has 3 nitrogen and oxygen atoms in total. The third-order valence-corrected chi connectivity index (χ3v) is 0.826. The molecule has 0 aromatic carbocycles. The fourth-order valence-electron chi connectivity index (χ4n) is 0.443. The van der Waals surface area contributed by atoms with Crippen molar-refractivity contribution in [3.63, 3.8) is 0 Å². The summed E-state index contributed by atoms with van der Waals surface area (Å²) in [6.07, 6.45) is 3.40. The molecule has 0 atom stereocenters. The quantitative estimate of drug-likeness (QED) is 0.445. The first-order chi connectivity index (χ1) is 4.31. The van der Waals surface area contributed by atoms with Crippen LogP contribution in [0.5, 0.6) is 0 Å². The maximum atomic E-state index is 10.5. The molecule has 0 fully saturated rings. The molecule has 0 aliphatic carbocycles. The fraction of sp³-hybridized carbons (Fsp3) is 0.500. The van der Waals surface area contributed by atoms with E-state index in [0.717, 1.165) is 0 Å². The molecule has 0 amide bonds. The predicted molar refractivity (Wildman–Crippen MR) is 35.8 cm³/mol. The van der Waals surface area contributed by atoms with Crippen LogP contribution >= 0.6 is 0 Å². The molecule has 9 heavy (non-hydrogen) atoms. The normalized spacial score (nSPS) is 10.4. The predicted octanol–water partition coefficient (Wildman–Crippen LogP) is 0.609. The van der Waals surface area contributed by atoms with Crippen LogP contribution in [0.3, 0.4) is 0 Å². The van der Waals surface area contributed by atoms with Crippen molar-refractivity contribution >= 4 is 5.78 Å². The van der Waals surface area contributed by atoms with E-state index in [9.17, 15) is 10.0 Å². The first-order valence-corrected chi connectivity index (χ1v) is 2.81. The molecule has 0 unspecified atom stereocenters. The summed E-state index contributed by atoms with van der Waals surface area (Å²) in [5.41, 5.74) is 1.65. The van der Waals surface area contributed by atoms with Gasteiger partial charge in [0.15, 0.2) is 5.78 Å². The Labute approximate surface area is 54.3 Å². The summed E-state index contributed by atoms with van der Waals surface area (Å²) in [7, 11) is 0. The van der Waals surface area contributed by atoms with Crippen molar-refractivity contribution in [2.75, 3.05) is 6.54 Å². The molecule has 52 valence electrons. The Kier molecular flexibility index (Phi) is 5.06. The molecule has 0 radical (unpaired) electrons. The van der Waals surface area contributed by atoms with Crippen molar-refractivity contribution in [1.29, 1.82) is 0 Å². The minimum Gasteiger partial charge on any atom is -0.788 e. The first-order valence-electron chi connectivity index (χ1n) is 2.81. The lowest BCUT2D eigenvalue weighted by atomic mass is 10.3. The Bertz CT molecular complexity index is 110. The molecule has 0 aromatic rings. The number of carbonyl (C=O) groups is 1. The molecular weight excluding hydrogens is 118 g/mol. The van der Waals surface area contributed by atoms with Crippen molar-refractivity contribution in [3.05, 3.63) is 17.4 Å². The molecule has 0 heterocycles. The summed E-state index contributed by atoms with van der Waals surface area (Å²) in [4.78, 5) is 10.5. The zero-order chi connectivity index (χ0) is 7.11. The van der Waals surface area contributed by atoms with Gasteiger partial charge in [0.05, 0.1) is 0 Å². The highest BCUT2D eigenvalue weighted by molar-refractivity contribution is 5.89. The Morgan fingerprint density at radius 1 is 1.78 bits per heavy atom. The van der Waals surface area contributed by atoms with Crippen LogP contribution in [0.15, 0.2) is 12.2 Å². The highest BCUT2D eigenvalue weighted by Gasteiger charge is 1.90. The zero-order valence-electron chi connectivity index (χ0n) is 5.39. The molecule has 0 aliphatic heterocycles. The van der Waals surface area contributed by atoms with Crippen LogP contribution < -0.4 is 5.48 Å². The van der Waals surface area contributed by atoms with Gasteiger partial charge in [-0.3, -0.25) is 4.79 Å². The number of hydrogen-bond donors (Lipinski definition) is 1. The summed E-state index contributed by atoms with van der Waals surface area (Å²) in [6.45, 7) is 1.98. The molecule has 0 rings (SSSR count). The maximum Gasteiger partial charge on any atom is 0.156 e. The number of allylic oxidation sites excluding steroid dienone is 2. The standard InChI is InChI=1S/C6H10NO2/c1-2-3-6(8)4-5-7-9/h2-3,7H,4-5H2,1H3/q-1. The van der Waals surface area contributed by atoms with Gasteiger partial charge >= 0.3 is 0 Å². The largest absolute Gasteiger partial charge is 0.788 e. The Morgan fingerprint density at radius 2 is 2.44 bits per heavy atom. The number of carbonyl (C=O) groups excluding carboxylic acids is 1. The van der Waals surface area contributed by atoms with E-state index in [-0.39, 0.29) is 18.7 Å². The highest BCUT2D eigenvalue weighted by atomic mass is 16.5. The van der Waals surface area contributed by atoms with Gasteiger partial charge in [0.1, 0.15) is 0 Å². The third-order valence-electron chi connectivity index (χ3n) is 0.826. The number of ketones is 1. The van der Waals surface area contributed by atoms with Crippen LogP contribution in [0, 0.1) is 5.21 Å². The van der Waals surface area contributed by atoms with Crippen molar-refractivity contribution in [3.8, 4) is 0 Å². The number of hydroxylamine groups is 1. The first kappa shape index (κ1) is 8.33. The number of rotatable bonds is 4. The third kappa shape index (κ3) is 5.20. The van der Waals surface area contributed by atoms with Gasteiger partial charge in [-0.1, -0.05) is 6.08 Å². The van der Waals surface area contributed by atoms with E-state index >= 15 is 0 Å². The minimum atomic E-state index is -0.0131. The monoisotopic (exact) mass is 128 g/mol. The Balaban J connectivity index is 3.27. The van der Waals surface area contributed by atoms with Crippen LogP contribution in [-0.2, 0) is 4.79 Å². The Morgan fingerprint density at radius 3 is 2.89 bits per heavy atom. The number of nitrogens with one attached hydrogen (secondary N) is 1. The molecule has 0 spiro atoms. The summed E-state index contributed by atoms with van der Waals surface area (Å²) < 4.78 is 0. The molecule has 0 saturated heterocycles. The van der Waals surface area contributed by atoms with Gasteiger partial charge in [-0.05, 0) is 19.5 Å². The van der Waals surface area contributed by atoms with E-state index in [4.69, 9.17) is 0 Å². The second-order valence-electron chi connectivity index (χ2n) is 1.61. The van der Waals surface area contributed by atoms with Crippen LogP contribution in [0.1, 0.15) is 13.3 Å². The lowest BCUT2D eigenvalue weighted by Gasteiger charge is -2.02. The zero-order valence-corrected chi connectivity index (χ0v) is 5.39. The topological polar surface area (TPSA) is 52.2 Å². The van der Waals surface area contributed by atoms with Gasteiger partial charge in [-0.2, -0.15) is 0 Å². The molecule has 0 aromatic heterocycles. The van der Waals surface area contributed by atoms with E-state index in [1.54, 1.807) is 18.5 Å². The second-order valence-corrected chi connectivity index (χ2v) is 1.61. The van der Waals surface area contributed by atoms with Gasteiger partial charge in [0, 0.05) is 6.42 Å². The van der Waals surface area contributed by atoms with Gasteiger partial charge in [0.25, 0.3) is 0 Å². The van der Waals surface area contributed by atoms with Crippen molar-refractivity contribution in [1.82, 2.24) is 5.48 Å². The fourth-order valence-corrected chi connectivity index (χ4v) is 0.443. The van der Waals surface area contributed by atoms with Crippen molar-refractivity contribution in [2.45, 2.75) is 13.3 Å². The SMILES string of the molecule is CC=CC(=O)CCN[O-]. The lowest BCUT2D eigenvalue weighted by Crippen LogP contribution is -2.09. The van der Waals surface area contributed by atoms with Gasteiger partial charge in [-0.15, -0.1) is 0 Å². The Hall–Kier alpha value is -0.670.